The van der Waals surface area contributed by atoms with Crippen molar-refractivity contribution in [1.82, 2.24) is 0 Å². The highest BCUT2D eigenvalue weighted by Gasteiger charge is 2.56. The van der Waals surface area contributed by atoms with Crippen molar-refractivity contribution in [1.29, 1.82) is 0 Å². The topological polar surface area (TPSA) is 172 Å². The SMILES string of the molecule is [N-]=[N+]=NC(O)(OC(O)(N=[N+]=[N-])C1CO1)C1CO1. The van der Waals surface area contributed by atoms with Gasteiger partial charge in [-0.15, -0.1) is 0 Å². The van der Waals surface area contributed by atoms with Crippen LogP contribution in [0.3, 0.4) is 0 Å². The second-order valence-electron chi connectivity index (χ2n) is 3.44. The first kappa shape index (κ1) is 11.9. The summed E-state index contributed by atoms with van der Waals surface area (Å²) < 4.78 is 14.2. The third kappa shape index (κ3) is 2.40. The van der Waals surface area contributed by atoms with Gasteiger partial charge in [-0.05, 0) is 21.3 Å². The minimum Gasteiger partial charge on any atom is -0.367 e. The standard InChI is InChI=1S/C6H8N6O5/c7-11-9-5(13,3-1-15-3)17-6(14,10-12-8)4-2-16-4/h3-4,13-14H,1-2H2. The minimum absolute atomic E-state index is 0.0907. The smallest absolute Gasteiger partial charge is 0.278 e. The summed E-state index contributed by atoms with van der Waals surface area (Å²) in [6.07, 6.45) is -1.84. The third-order valence-electron chi connectivity index (χ3n) is 2.18. The van der Waals surface area contributed by atoms with Gasteiger partial charge in [0, 0.05) is 9.82 Å². The minimum atomic E-state index is -2.44. The van der Waals surface area contributed by atoms with E-state index < -0.39 is 24.0 Å². The van der Waals surface area contributed by atoms with Crippen molar-refractivity contribution < 1.29 is 24.4 Å². The summed E-state index contributed by atoms with van der Waals surface area (Å²) >= 11 is 0. The average Bonchev–Trinajstić information content (AvgIpc) is 3.10. The molecule has 11 nitrogen and oxygen atoms in total. The number of hydrogen-bond acceptors (Lipinski definition) is 7. The molecule has 2 fully saturated rings. The van der Waals surface area contributed by atoms with E-state index in [1.165, 1.54) is 0 Å². The highest BCUT2D eigenvalue weighted by molar-refractivity contribution is 4.92. The van der Waals surface area contributed by atoms with E-state index in [0.717, 1.165) is 0 Å². The molecule has 2 aliphatic rings. The number of azide groups is 2. The zero-order valence-electron chi connectivity index (χ0n) is 8.37. The fourth-order valence-corrected chi connectivity index (χ4v) is 1.18. The fraction of sp³-hybridized carbons (Fsp3) is 1.00. The molecular weight excluding hydrogens is 236 g/mol. The molecule has 11 heteroatoms. The molecule has 0 aromatic carbocycles. The van der Waals surface area contributed by atoms with Crippen LogP contribution in [0.15, 0.2) is 10.2 Å². The molecule has 0 aliphatic carbocycles. The summed E-state index contributed by atoms with van der Waals surface area (Å²) in [7, 11) is 0. The Morgan fingerprint density at radius 1 is 1.06 bits per heavy atom. The van der Waals surface area contributed by atoms with Crippen molar-refractivity contribution in [2.75, 3.05) is 13.2 Å². The Hall–Kier alpha value is -1.58. The maximum atomic E-state index is 9.82. The number of aliphatic hydroxyl groups is 2. The van der Waals surface area contributed by atoms with Crippen molar-refractivity contribution in [3.05, 3.63) is 20.9 Å². The van der Waals surface area contributed by atoms with Crippen LogP contribution in [0, 0.1) is 0 Å². The van der Waals surface area contributed by atoms with Crippen LogP contribution in [-0.2, 0) is 14.2 Å². The third-order valence-corrected chi connectivity index (χ3v) is 2.18. The number of nitrogens with zero attached hydrogens (tertiary/aromatic N) is 6. The zero-order valence-corrected chi connectivity index (χ0v) is 8.37. The molecule has 0 radical (unpaired) electrons. The summed E-state index contributed by atoms with van der Waals surface area (Å²) in [5.41, 5.74) is 16.6. The Bertz CT molecular complexity index is 373. The van der Waals surface area contributed by atoms with Crippen LogP contribution in [0.1, 0.15) is 0 Å². The van der Waals surface area contributed by atoms with E-state index >= 15 is 0 Å². The van der Waals surface area contributed by atoms with Gasteiger partial charge in [0.25, 0.3) is 11.8 Å². The molecule has 0 amide bonds. The van der Waals surface area contributed by atoms with E-state index in [1.807, 2.05) is 0 Å². The number of ether oxygens (including phenoxy) is 3. The highest BCUT2D eigenvalue weighted by Crippen LogP contribution is 2.36. The number of epoxide rings is 2. The van der Waals surface area contributed by atoms with E-state index in [-0.39, 0.29) is 13.2 Å². The Kier molecular flexibility index (Phi) is 2.81. The second kappa shape index (κ2) is 4.02. The van der Waals surface area contributed by atoms with Crippen LogP contribution in [0.4, 0.5) is 0 Å². The van der Waals surface area contributed by atoms with Gasteiger partial charge in [-0.3, -0.25) is 0 Å². The maximum absolute atomic E-state index is 9.82. The predicted octanol–water partition coefficient (Wildman–Crippen LogP) is -0.287. The molecular formula is C6H8N6O5. The summed E-state index contributed by atoms with van der Waals surface area (Å²) in [6, 6.07) is 0. The lowest BCUT2D eigenvalue weighted by Gasteiger charge is -2.29. The summed E-state index contributed by atoms with van der Waals surface area (Å²) in [4.78, 5) is 4.75. The van der Waals surface area contributed by atoms with E-state index in [1.54, 1.807) is 0 Å². The van der Waals surface area contributed by atoms with Crippen molar-refractivity contribution in [2.24, 2.45) is 10.2 Å². The first-order chi connectivity index (χ1) is 8.04. The van der Waals surface area contributed by atoms with E-state index in [2.05, 4.69) is 20.1 Å². The van der Waals surface area contributed by atoms with Gasteiger partial charge in [0.15, 0.2) is 0 Å². The van der Waals surface area contributed by atoms with Gasteiger partial charge >= 0.3 is 0 Å². The predicted molar refractivity (Wildman–Crippen MR) is 48.8 cm³/mol. The highest BCUT2D eigenvalue weighted by atomic mass is 16.8. The van der Waals surface area contributed by atoms with Gasteiger partial charge < -0.3 is 24.4 Å². The van der Waals surface area contributed by atoms with Gasteiger partial charge in [-0.1, -0.05) is 0 Å². The van der Waals surface area contributed by atoms with Crippen molar-refractivity contribution >= 4 is 0 Å². The van der Waals surface area contributed by atoms with Gasteiger partial charge in [-0.2, -0.15) is 0 Å². The monoisotopic (exact) mass is 244 g/mol. The molecule has 4 unspecified atom stereocenters. The van der Waals surface area contributed by atoms with Crippen LogP contribution in [0.2, 0.25) is 0 Å². The summed E-state index contributed by atoms with van der Waals surface area (Å²) in [5, 5.41) is 25.6. The van der Waals surface area contributed by atoms with Crippen LogP contribution < -0.4 is 0 Å². The lowest BCUT2D eigenvalue weighted by molar-refractivity contribution is -0.339. The summed E-state index contributed by atoms with van der Waals surface area (Å²) in [6.45, 7) is 0.181. The number of rotatable bonds is 6. The van der Waals surface area contributed by atoms with Gasteiger partial charge in [0.05, 0.1) is 13.2 Å². The largest absolute Gasteiger partial charge is 0.367 e. The Labute approximate surface area is 93.7 Å². The van der Waals surface area contributed by atoms with Crippen LogP contribution in [0.25, 0.3) is 20.9 Å². The molecule has 0 bridgehead atoms. The molecule has 2 rings (SSSR count). The fourth-order valence-electron chi connectivity index (χ4n) is 1.18. The molecule has 2 heterocycles. The first-order valence-corrected chi connectivity index (χ1v) is 4.55. The normalized spacial score (nSPS) is 32.4. The zero-order chi connectivity index (χ0) is 12.5. The van der Waals surface area contributed by atoms with E-state index in [9.17, 15) is 10.2 Å². The first-order valence-electron chi connectivity index (χ1n) is 4.55. The van der Waals surface area contributed by atoms with Gasteiger partial charge in [0.2, 0.25) is 0 Å². The lowest BCUT2D eigenvalue weighted by atomic mass is 10.3. The molecule has 2 aliphatic heterocycles. The van der Waals surface area contributed by atoms with Crippen LogP contribution in [0.5, 0.6) is 0 Å². The van der Waals surface area contributed by atoms with Crippen LogP contribution >= 0.6 is 0 Å². The van der Waals surface area contributed by atoms with Crippen molar-refractivity contribution in [3.63, 3.8) is 0 Å². The molecule has 92 valence electrons. The Morgan fingerprint density at radius 2 is 1.41 bits per heavy atom. The molecule has 0 spiro atoms. The van der Waals surface area contributed by atoms with E-state index in [4.69, 9.17) is 25.3 Å². The molecule has 17 heavy (non-hydrogen) atoms. The summed E-state index contributed by atoms with van der Waals surface area (Å²) in [5.74, 6) is -4.88. The molecule has 4 atom stereocenters. The quantitative estimate of drug-likeness (QED) is 0.214. The van der Waals surface area contributed by atoms with E-state index in [0.29, 0.717) is 0 Å². The molecule has 2 saturated heterocycles. The van der Waals surface area contributed by atoms with Crippen LogP contribution in [-0.4, -0.2) is 47.5 Å². The van der Waals surface area contributed by atoms with Crippen molar-refractivity contribution in [3.8, 4) is 0 Å². The average molecular weight is 244 g/mol. The molecule has 0 saturated carbocycles. The number of hydrogen-bond donors (Lipinski definition) is 2. The van der Waals surface area contributed by atoms with Gasteiger partial charge in [-0.25, -0.2) is 0 Å². The lowest BCUT2D eigenvalue weighted by Crippen LogP contribution is -2.48. The molecule has 2 N–H and O–H groups in total. The maximum Gasteiger partial charge on any atom is 0.278 e. The Morgan fingerprint density at radius 3 is 1.65 bits per heavy atom. The molecule has 0 aromatic rings. The Balaban J connectivity index is 2.20. The second-order valence-corrected chi connectivity index (χ2v) is 3.44. The van der Waals surface area contributed by atoms with Crippen molar-refractivity contribution in [2.45, 2.75) is 24.0 Å². The molecule has 0 aromatic heterocycles. The van der Waals surface area contributed by atoms with Gasteiger partial charge in [0.1, 0.15) is 12.2 Å².